The van der Waals surface area contributed by atoms with Crippen LogP contribution < -0.4 is 16.4 Å². The van der Waals surface area contributed by atoms with Crippen molar-refractivity contribution in [1.82, 2.24) is 9.13 Å². The maximum atomic E-state index is 2.83. The van der Waals surface area contributed by atoms with Crippen LogP contribution in [0.5, 0.6) is 0 Å². The van der Waals surface area contributed by atoms with Gasteiger partial charge in [0.15, 0.2) is 0 Å². The Morgan fingerprint density at radius 3 is 1.41 bits per heavy atom. The monoisotopic (exact) mass is 1130 g/mol. The highest BCUT2D eigenvalue weighted by molar-refractivity contribution is 7.00. The lowest BCUT2D eigenvalue weighted by atomic mass is 9.33. The molecule has 3 aliphatic heterocycles. The molecule has 10 aromatic carbocycles. The Labute approximate surface area is 516 Å². The molecule has 432 valence electrons. The van der Waals surface area contributed by atoms with E-state index in [1.165, 1.54) is 177 Å². The van der Waals surface area contributed by atoms with Crippen molar-refractivity contribution in [3.05, 3.63) is 219 Å². The first-order chi connectivity index (χ1) is 41.2. The van der Waals surface area contributed by atoms with E-state index in [2.05, 4.69) is 291 Å². The second-order valence-electron chi connectivity index (χ2n) is 31.9. The molecule has 0 amide bonds. The van der Waals surface area contributed by atoms with Crippen LogP contribution in [0.2, 0.25) is 0 Å². The lowest BCUT2D eigenvalue weighted by molar-refractivity contribution is 0.588. The molecule has 0 saturated heterocycles. The second-order valence-corrected chi connectivity index (χ2v) is 31.9. The summed E-state index contributed by atoms with van der Waals surface area (Å²) in [5, 5.41) is 7.94. The molecule has 16 rings (SSSR count). The Hall–Kier alpha value is -7.88. The minimum atomic E-state index is -0.652. The first kappa shape index (κ1) is 54.5. The van der Waals surface area contributed by atoms with E-state index in [0.717, 1.165) is 0 Å². The fourth-order valence-electron chi connectivity index (χ4n) is 16.7. The van der Waals surface area contributed by atoms with Crippen molar-refractivity contribution in [3.63, 3.8) is 0 Å². The summed E-state index contributed by atoms with van der Waals surface area (Å²) >= 11 is 0. The molecule has 0 radical (unpaired) electrons. The van der Waals surface area contributed by atoms with Gasteiger partial charge < -0.3 is 9.13 Å². The Morgan fingerprint density at radius 2 is 0.862 bits per heavy atom. The van der Waals surface area contributed by atoms with Crippen LogP contribution in [0.25, 0.3) is 99.1 Å². The molecular formula is C84H83BN2. The van der Waals surface area contributed by atoms with E-state index in [0.29, 0.717) is 17.8 Å². The van der Waals surface area contributed by atoms with E-state index in [1.807, 2.05) is 0 Å². The summed E-state index contributed by atoms with van der Waals surface area (Å²) in [5.74, 6) is 1.19. The SMILES string of the molecule is CC(C)c1cc(C(C)C)c(-c2ccc3ccc(-c4cc5c6c7c4-n4c8ccc(C(C)(C)C)cc8c8cc(C(C)(C)C)cc(c84)B7c4cc(C(C)(C)C)cc7c8cc(C(C)(C)C)cc(c8n-6c47)C54c5ccccc5-c5ccccc54)cc3c2)c(C(C)C)c1. The zero-order valence-electron chi connectivity index (χ0n) is 54.7. The lowest BCUT2D eigenvalue weighted by Crippen LogP contribution is -2.61. The van der Waals surface area contributed by atoms with Crippen LogP contribution in [0, 0.1) is 0 Å². The largest absolute Gasteiger partial charge is 0.310 e. The van der Waals surface area contributed by atoms with E-state index in [1.54, 1.807) is 0 Å². The van der Waals surface area contributed by atoms with Crippen LogP contribution in [-0.4, -0.2) is 15.8 Å². The molecule has 4 aliphatic rings. The predicted molar refractivity (Wildman–Crippen MR) is 376 cm³/mol. The predicted octanol–water partition coefficient (Wildman–Crippen LogP) is 20.7. The molecule has 0 fully saturated rings. The first-order valence-electron chi connectivity index (χ1n) is 32.6. The van der Waals surface area contributed by atoms with E-state index in [-0.39, 0.29) is 28.4 Å². The number of hydrogen-bond acceptors (Lipinski definition) is 0. The average molecular weight is 1130 g/mol. The highest BCUT2D eigenvalue weighted by Crippen LogP contribution is 2.63. The summed E-state index contributed by atoms with van der Waals surface area (Å²) in [5.41, 5.74) is 34.4. The third kappa shape index (κ3) is 7.29. The summed E-state index contributed by atoms with van der Waals surface area (Å²) in [7, 11) is 0. The standard InChI is InChI=1S/C84H83BN2/c1-45(2)51-35-59(46(3)4)73(60(36-51)47(5)6)50-30-28-48-27-29-49(33-52(48)34-50)61-44-69-79-74-78(61)86-72-32-31-53(80(7,8)9)37-62(72)63-39-55(82(13,14)15)42-70(76(63)86)85(74)71-43-56(83(16,17)18)40-65-64-38-54(81(10,11)12)41-68(75(64)87(79)77(65)71)84(69)66-25-21-19-23-57(66)58-24-20-22-26-67(58)84/h19-47H,1-18H3. The summed E-state index contributed by atoms with van der Waals surface area (Å²) in [6.07, 6.45) is 0. The van der Waals surface area contributed by atoms with Gasteiger partial charge in [0, 0.05) is 43.8 Å². The molecule has 1 aliphatic carbocycles. The van der Waals surface area contributed by atoms with Gasteiger partial charge in [-0.2, -0.15) is 0 Å². The van der Waals surface area contributed by atoms with Crippen LogP contribution >= 0.6 is 0 Å². The number of fused-ring (bicyclic) bond motifs is 15. The Balaban J connectivity index is 1.14. The third-order valence-electron chi connectivity index (χ3n) is 21.3. The van der Waals surface area contributed by atoms with Gasteiger partial charge in [0.25, 0.3) is 6.71 Å². The average Bonchev–Trinajstić information content (AvgIpc) is 1.55. The zero-order valence-corrected chi connectivity index (χ0v) is 54.7. The minimum absolute atomic E-state index is 0.0382. The van der Waals surface area contributed by atoms with Crippen LogP contribution in [0.1, 0.15) is 204 Å². The van der Waals surface area contributed by atoms with Crippen molar-refractivity contribution >= 4 is 77.5 Å². The molecule has 5 heterocycles. The summed E-state index contributed by atoms with van der Waals surface area (Å²) in [4.78, 5) is 0. The van der Waals surface area contributed by atoms with E-state index in [9.17, 15) is 0 Å². The Bertz CT molecular complexity index is 4980. The molecule has 0 bridgehead atoms. The highest BCUT2D eigenvalue weighted by Gasteiger charge is 2.55. The van der Waals surface area contributed by atoms with Gasteiger partial charge in [-0.1, -0.05) is 234 Å². The number of rotatable bonds is 5. The molecule has 0 saturated carbocycles. The van der Waals surface area contributed by atoms with E-state index < -0.39 is 5.41 Å². The molecular weight excluding hydrogens is 1050 g/mol. The molecule has 0 unspecified atom stereocenters. The number of hydrogen-bond donors (Lipinski definition) is 0. The Morgan fingerprint density at radius 1 is 0.368 bits per heavy atom. The topological polar surface area (TPSA) is 9.86 Å². The molecule has 1 spiro atoms. The van der Waals surface area contributed by atoms with Gasteiger partial charge in [-0.25, -0.2) is 0 Å². The maximum Gasteiger partial charge on any atom is 0.252 e. The minimum Gasteiger partial charge on any atom is -0.310 e. The van der Waals surface area contributed by atoms with Crippen molar-refractivity contribution in [1.29, 1.82) is 0 Å². The lowest BCUT2D eigenvalue weighted by Gasteiger charge is -2.45. The molecule has 2 aromatic heterocycles. The van der Waals surface area contributed by atoms with Crippen LogP contribution in [0.15, 0.2) is 158 Å². The zero-order chi connectivity index (χ0) is 60.8. The number of nitrogens with zero attached hydrogens (tertiary/aromatic N) is 2. The van der Waals surface area contributed by atoms with Crippen molar-refractivity contribution in [2.24, 2.45) is 0 Å². The fourth-order valence-corrected chi connectivity index (χ4v) is 16.7. The summed E-state index contributed by atoms with van der Waals surface area (Å²) < 4.78 is 5.60. The second kappa shape index (κ2) is 17.7. The number of aromatic nitrogens is 2. The highest BCUT2D eigenvalue weighted by atomic mass is 15.1. The molecule has 12 aromatic rings. The summed E-state index contributed by atoms with van der Waals surface area (Å²) in [6, 6.07) is 64.8. The molecule has 2 nitrogen and oxygen atoms in total. The quantitative estimate of drug-likeness (QED) is 0.152. The van der Waals surface area contributed by atoms with Gasteiger partial charge >= 0.3 is 0 Å². The van der Waals surface area contributed by atoms with Gasteiger partial charge in [-0.15, -0.1) is 0 Å². The van der Waals surface area contributed by atoms with E-state index in [4.69, 9.17) is 0 Å². The van der Waals surface area contributed by atoms with Crippen LogP contribution in [0.4, 0.5) is 0 Å². The van der Waals surface area contributed by atoms with Gasteiger partial charge in [0.1, 0.15) is 0 Å². The number of benzene rings is 10. The molecule has 0 N–H and O–H groups in total. The smallest absolute Gasteiger partial charge is 0.252 e. The normalized spacial score (nSPS) is 14.7. The Kier molecular flexibility index (Phi) is 11.1. The van der Waals surface area contributed by atoms with E-state index >= 15 is 0 Å². The third-order valence-corrected chi connectivity index (χ3v) is 21.3. The maximum absolute atomic E-state index is 2.83. The van der Waals surface area contributed by atoms with Gasteiger partial charge in [-0.05, 0) is 204 Å². The fraction of sp³-hybridized carbons (Fsp3) is 0.310. The molecule has 87 heavy (non-hydrogen) atoms. The van der Waals surface area contributed by atoms with Gasteiger partial charge in [0.2, 0.25) is 0 Å². The molecule has 3 heteroatoms. The van der Waals surface area contributed by atoms with Crippen molar-refractivity contribution < 1.29 is 0 Å². The van der Waals surface area contributed by atoms with Gasteiger partial charge in [0.05, 0.1) is 22.1 Å². The van der Waals surface area contributed by atoms with Crippen molar-refractivity contribution in [2.75, 3.05) is 0 Å². The van der Waals surface area contributed by atoms with Crippen molar-refractivity contribution in [2.45, 2.75) is 169 Å². The van der Waals surface area contributed by atoms with Crippen LogP contribution in [-0.2, 0) is 27.1 Å². The molecule has 0 atom stereocenters. The van der Waals surface area contributed by atoms with Gasteiger partial charge in [-0.3, -0.25) is 0 Å². The summed E-state index contributed by atoms with van der Waals surface area (Å²) in [6.45, 7) is 43.0. The first-order valence-corrected chi connectivity index (χ1v) is 32.6. The van der Waals surface area contributed by atoms with Crippen LogP contribution in [0.3, 0.4) is 0 Å². The van der Waals surface area contributed by atoms with Crippen molar-refractivity contribution in [3.8, 4) is 44.8 Å².